The molecule has 108 valence electrons. The van der Waals surface area contributed by atoms with Crippen molar-refractivity contribution in [2.75, 3.05) is 18.1 Å². The minimum absolute atomic E-state index is 0.0356. The van der Waals surface area contributed by atoms with Gasteiger partial charge in [-0.05, 0) is 38.5 Å². The van der Waals surface area contributed by atoms with Crippen molar-refractivity contribution >= 4 is 22.4 Å². The highest BCUT2D eigenvalue weighted by Crippen LogP contribution is 2.32. The summed E-state index contributed by atoms with van der Waals surface area (Å²) in [5, 5.41) is 0.817. The minimum Gasteiger partial charge on any atom is -0.368 e. The molecule has 1 saturated heterocycles. The lowest BCUT2D eigenvalue weighted by atomic mass is 10.0. The normalized spacial score (nSPS) is 21.5. The molecule has 0 aromatic carbocycles. The maximum Gasteiger partial charge on any atom is 0.258 e. The topological polar surface area (TPSA) is 42.4 Å². The van der Waals surface area contributed by atoms with Gasteiger partial charge in [0.2, 0.25) is 0 Å². The molecule has 1 amide bonds. The molecule has 1 unspecified atom stereocenters. The first kappa shape index (κ1) is 13.8. The molecule has 1 aliphatic carbocycles. The second-order valence-corrected chi connectivity index (χ2v) is 6.37. The van der Waals surface area contributed by atoms with Gasteiger partial charge in [-0.1, -0.05) is 6.08 Å². The summed E-state index contributed by atoms with van der Waals surface area (Å²) in [5.74, 6) is 0.0356. The Morgan fingerprint density at radius 1 is 1.45 bits per heavy atom. The Bertz CT molecular complexity index is 482. The van der Waals surface area contributed by atoms with Crippen molar-refractivity contribution in [2.45, 2.75) is 44.6 Å². The minimum atomic E-state index is -0.295. The van der Waals surface area contributed by atoms with Crippen LogP contribution in [0.2, 0.25) is 0 Å². The van der Waals surface area contributed by atoms with E-state index in [-0.39, 0.29) is 12.0 Å². The van der Waals surface area contributed by atoms with Crippen LogP contribution in [0.4, 0.5) is 5.13 Å². The molecule has 1 aromatic heterocycles. The molecule has 4 nitrogen and oxygen atoms in total. The van der Waals surface area contributed by atoms with Crippen molar-refractivity contribution in [2.24, 2.45) is 0 Å². The molecule has 2 heterocycles. The number of nitrogens with zero attached hydrogens (tertiary/aromatic N) is 2. The first-order valence-corrected chi connectivity index (χ1v) is 8.13. The van der Waals surface area contributed by atoms with E-state index in [1.54, 1.807) is 22.3 Å². The molecule has 0 bridgehead atoms. The third kappa shape index (κ3) is 2.65. The average molecular weight is 292 g/mol. The molecular weight excluding hydrogens is 272 g/mol. The number of anilines is 1. The summed E-state index contributed by atoms with van der Waals surface area (Å²) in [5.41, 5.74) is 1.19. The van der Waals surface area contributed by atoms with E-state index in [4.69, 9.17) is 4.74 Å². The predicted molar refractivity (Wildman–Crippen MR) is 80.3 cm³/mol. The Kier molecular flexibility index (Phi) is 4.17. The highest BCUT2D eigenvalue weighted by molar-refractivity contribution is 7.16. The van der Waals surface area contributed by atoms with Crippen LogP contribution in [0.1, 0.15) is 36.3 Å². The molecule has 20 heavy (non-hydrogen) atoms. The van der Waals surface area contributed by atoms with Crippen LogP contribution in [-0.2, 0) is 22.4 Å². The average Bonchev–Trinajstić information content (AvgIpc) is 3.12. The van der Waals surface area contributed by atoms with Crippen molar-refractivity contribution in [3.63, 3.8) is 0 Å². The van der Waals surface area contributed by atoms with E-state index >= 15 is 0 Å². The maximum absolute atomic E-state index is 12.6. The summed E-state index contributed by atoms with van der Waals surface area (Å²) in [4.78, 5) is 20.3. The largest absolute Gasteiger partial charge is 0.368 e. The van der Waals surface area contributed by atoms with Gasteiger partial charge in [0.25, 0.3) is 5.91 Å². The summed E-state index contributed by atoms with van der Waals surface area (Å²) in [6, 6.07) is 0. The van der Waals surface area contributed by atoms with Gasteiger partial charge in [-0.15, -0.1) is 17.9 Å². The zero-order valence-electron chi connectivity index (χ0n) is 11.6. The number of fused-ring (bicyclic) bond motifs is 1. The van der Waals surface area contributed by atoms with Crippen LogP contribution < -0.4 is 4.90 Å². The van der Waals surface area contributed by atoms with E-state index in [9.17, 15) is 4.79 Å². The fraction of sp³-hybridized carbons (Fsp3) is 0.600. The number of ether oxygens (including phenoxy) is 1. The number of hydrogen-bond acceptors (Lipinski definition) is 4. The SMILES string of the molecule is C=CCN(C(=O)C1CCCO1)c1nc2c(s1)CCCC2. The van der Waals surface area contributed by atoms with Gasteiger partial charge in [0.05, 0.1) is 5.69 Å². The van der Waals surface area contributed by atoms with Crippen molar-refractivity contribution in [3.8, 4) is 0 Å². The van der Waals surface area contributed by atoms with Gasteiger partial charge in [0.1, 0.15) is 6.10 Å². The van der Waals surface area contributed by atoms with Gasteiger partial charge in [0, 0.05) is 18.0 Å². The lowest BCUT2D eigenvalue weighted by Gasteiger charge is -2.21. The maximum atomic E-state index is 12.6. The van der Waals surface area contributed by atoms with Gasteiger partial charge >= 0.3 is 0 Å². The van der Waals surface area contributed by atoms with Crippen molar-refractivity contribution < 1.29 is 9.53 Å². The van der Waals surface area contributed by atoms with Gasteiger partial charge < -0.3 is 4.74 Å². The van der Waals surface area contributed by atoms with Crippen molar-refractivity contribution in [1.29, 1.82) is 0 Å². The molecule has 1 fully saturated rings. The summed E-state index contributed by atoms with van der Waals surface area (Å²) in [6.45, 7) is 4.95. The molecule has 1 atom stereocenters. The van der Waals surface area contributed by atoms with E-state index in [0.29, 0.717) is 13.2 Å². The van der Waals surface area contributed by atoms with Crippen LogP contribution in [0.15, 0.2) is 12.7 Å². The summed E-state index contributed by atoms with van der Waals surface area (Å²) >= 11 is 1.66. The van der Waals surface area contributed by atoms with Crippen LogP contribution in [0.3, 0.4) is 0 Å². The Balaban J connectivity index is 1.83. The summed E-state index contributed by atoms with van der Waals surface area (Å²) < 4.78 is 5.52. The molecule has 0 radical (unpaired) electrons. The molecule has 2 aliphatic rings. The predicted octanol–water partition coefficient (Wildman–Crippen LogP) is 2.72. The number of thiazole rings is 1. The third-order valence-corrected chi connectivity index (χ3v) is 5.03. The highest BCUT2D eigenvalue weighted by Gasteiger charge is 2.30. The van der Waals surface area contributed by atoms with Crippen LogP contribution in [0.5, 0.6) is 0 Å². The van der Waals surface area contributed by atoms with Gasteiger partial charge in [-0.25, -0.2) is 4.98 Å². The molecule has 3 rings (SSSR count). The van der Waals surface area contributed by atoms with E-state index in [2.05, 4.69) is 11.6 Å². The van der Waals surface area contributed by atoms with E-state index < -0.39 is 0 Å². The van der Waals surface area contributed by atoms with E-state index in [1.807, 2.05) is 0 Å². The van der Waals surface area contributed by atoms with Crippen LogP contribution in [0, 0.1) is 0 Å². The first-order chi connectivity index (χ1) is 9.79. The number of rotatable bonds is 4. The number of hydrogen-bond donors (Lipinski definition) is 0. The molecule has 1 aromatic rings. The standard InChI is InChI=1S/C15H20N2O2S/c1-2-9-17(14(18)12-7-5-10-19-12)15-16-11-6-3-4-8-13(11)20-15/h2,12H,1,3-10H2. The van der Waals surface area contributed by atoms with E-state index in [1.165, 1.54) is 23.4 Å². The second-order valence-electron chi connectivity index (χ2n) is 5.31. The summed E-state index contributed by atoms with van der Waals surface area (Å²) in [7, 11) is 0. The van der Waals surface area contributed by atoms with Crippen molar-refractivity contribution in [3.05, 3.63) is 23.2 Å². The lowest BCUT2D eigenvalue weighted by molar-refractivity contribution is -0.127. The molecule has 0 spiro atoms. The van der Waals surface area contributed by atoms with Gasteiger partial charge in [0.15, 0.2) is 5.13 Å². The Labute approximate surface area is 123 Å². The van der Waals surface area contributed by atoms with Crippen LogP contribution >= 0.6 is 11.3 Å². The van der Waals surface area contributed by atoms with Gasteiger partial charge in [-0.2, -0.15) is 0 Å². The quantitative estimate of drug-likeness (QED) is 0.801. The molecule has 5 heteroatoms. The molecule has 0 N–H and O–H groups in total. The Morgan fingerprint density at radius 3 is 3.00 bits per heavy atom. The zero-order chi connectivity index (χ0) is 13.9. The highest BCUT2D eigenvalue weighted by atomic mass is 32.1. The fourth-order valence-corrected chi connectivity index (χ4v) is 3.95. The van der Waals surface area contributed by atoms with Crippen LogP contribution in [0.25, 0.3) is 0 Å². The number of aromatic nitrogens is 1. The van der Waals surface area contributed by atoms with Crippen LogP contribution in [-0.4, -0.2) is 30.1 Å². The van der Waals surface area contributed by atoms with E-state index in [0.717, 1.165) is 30.8 Å². The lowest BCUT2D eigenvalue weighted by Crippen LogP contribution is -2.39. The first-order valence-electron chi connectivity index (χ1n) is 7.32. The van der Waals surface area contributed by atoms with Crippen molar-refractivity contribution in [1.82, 2.24) is 4.98 Å². The Hall–Kier alpha value is -1.20. The number of aryl methyl sites for hydroxylation is 2. The third-order valence-electron chi connectivity index (χ3n) is 3.85. The number of carbonyl (C=O) groups excluding carboxylic acids is 1. The second kappa shape index (κ2) is 6.06. The molecule has 0 saturated carbocycles. The number of carbonyl (C=O) groups is 1. The monoisotopic (exact) mass is 292 g/mol. The number of amides is 1. The zero-order valence-corrected chi connectivity index (χ0v) is 12.5. The summed E-state index contributed by atoms with van der Waals surface area (Å²) in [6.07, 6.45) is 7.83. The molecular formula is C15H20N2O2S. The smallest absolute Gasteiger partial charge is 0.258 e. The fourth-order valence-electron chi connectivity index (χ4n) is 2.79. The van der Waals surface area contributed by atoms with Gasteiger partial charge in [-0.3, -0.25) is 9.69 Å². The Morgan fingerprint density at radius 2 is 2.30 bits per heavy atom. The molecule has 1 aliphatic heterocycles.